The Labute approximate surface area is 170 Å². The number of H-pyrrole nitrogens is 1. The van der Waals surface area contributed by atoms with Gasteiger partial charge in [0.2, 0.25) is 0 Å². The van der Waals surface area contributed by atoms with Gasteiger partial charge in [-0.3, -0.25) is 14.1 Å². The Morgan fingerprint density at radius 1 is 1.03 bits per heavy atom. The van der Waals surface area contributed by atoms with Crippen molar-refractivity contribution in [3.05, 3.63) is 88.6 Å². The van der Waals surface area contributed by atoms with Crippen LogP contribution in [-0.4, -0.2) is 38.5 Å². The lowest BCUT2D eigenvalue weighted by atomic mass is 10.1. The topological polar surface area (TPSA) is 62.6 Å². The average molecular weight is 408 g/mol. The van der Waals surface area contributed by atoms with Gasteiger partial charge in [0.1, 0.15) is 34.8 Å². The summed E-state index contributed by atoms with van der Waals surface area (Å²) in [4.78, 5) is 21.8. The normalized spacial score (nSPS) is 14.7. The predicted molar refractivity (Wildman–Crippen MR) is 107 cm³/mol. The molecule has 1 N–H and O–H groups in total. The summed E-state index contributed by atoms with van der Waals surface area (Å²) in [5.74, 6) is 0.599. The molecular weight excluding hydrogens is 390 g/mol. The van der Waals surface area contributed by atoms with Crippen LogP contribution in [0, 0.1) is 11.6 Å². The number of hydrogen-bond donors (Lipinski definition) is 1. The molecule has 1 fully saturated rings. The number of benzene rings is 2. The monoisotopic (exact) mass is 408 g/mol. The first-order valence-electron chi connectivity index (χ1n) is 9.55. The number of nitrogens with one attached hydrogen (secondary N) is 1. The van der Waals surface area contributed by atoms with E-state index in [1.54, 1.807) is 28.7 Å². The molecule has 8 heteroatoms. The molecule has 6 nitrogen and oxygen atoms in total. The van der Waals surface area contributed by atoms with E-state index in [9.17, 15) is 13.6 Å². The van der Waals surface area contributed by atoms with Crippen LogP contribution in [0.2, 0.25) is 0 Å². The van der Waals surface area contributed by atoms with E-state index in [-0.39, 0.29) is 23.3 Å². The lowest BCUT2D eigenvalue weighted by Gasteiger charge is -2.38. The Morgan fingerprint density at radius 2 is 1.70 bits per heavy atom. The summed E-state index contributed by atoms with van der Waals surface area (Å²) >= 11 is 0. The molecule has 0 bridgehead atoms. The summed E-state index contributed by atoms with van der Waals surface area (Å²) in [6.07, 6.45) is 3.38. The Morgan fingerprint density at radius 3 is 2.40 bits per heavy atom. The van der Waals surface area contributed by atoms with Crippen LogP contribution in [0.4, 0.5) is 8.78 Å². The number of aromatic nitrogens is 3. The first kappa shape index (κ1) is 18.5. The number of hydrogen-bond acceptors (Lipinski definition) is 4. The molecule has 3 heterocycles. The Bertz CT molecular complexity index is 1240. The maximum absolute atomic E-state index is 13.2. The number of imidazole rings is 1. The molecule has 30 heavy (non-hydrogen) atoms. The standard InChI is InChI=1S/C22H18F2N4O2/c23-15-3-1-14(2-4-15)21-25-9-20-22(29)26-17(11-28(20)21)10-27-12-19(13-27)30-18-7-5-16(24)6-8-18/h1-9,11,19H,10,12-13H2,(H,26,29). The minimum atomic E-state index is -0.326. The summed E-state index contributed by atoms with van der Waals surface area (Å²) < 4.78 is 33.8. The zero-order valence-corrected chi connectivity index (χ0v) is 15.9. The molecule has 1 saturated heterocycles. The van der Waals surface area contributed by atoms with E-state index >= 15 is 0 Å². The van der Waals surface area contributed by atoms with Crippen molar-refractivity contribution in [2.45, 2.75) is 12.6 Å². The molecule has 1 aliphatic rings. The molecule has 0 spiro atoms. The Hall–Kier alpha value is -3.52. The van der Waals surface area contributed by atoms with Crippen LogP contribution in [0.1, 0.15) is 5.69 Å². The molecule has 4 aromatic rings. The number of rotatable bonds is 5. The van der Waals surface area contributed by atoms with Crippen molar-refractivity contribution in [2.24, 2.45) is 0 Å². The zero-order chi connectivity index (χ0) is 20.7. The van der Waals surface area contributed by atoms with Gasteiger partial charge in [0.15, 0.2) is 0 Å². The third-order valence-corrected chi connectivity index (χ3v) is 5.12. The highest BCUT2D eigenvalue weighted by molar-refractivity contribution is 5.61. The van der Waals surface area contributed by atoms with Crippen molar-refractivity contribution < 1.29 is 13.5 Å². The van der Waals surface area contributed by atoms with E-state index in [0.717, 1.165) is 11.3 Å². The third-order valence-electron chi connectivity index (χ3n) is 5.12. The maximum Gasteiger partial charge on any atom is 0.274 e. The van der Waals surface area contributed by atoms with Crippen molar-refractivity contribution >= 4 is 5.52 Å². The summed E-state index contributed by atoms with van der Waals surface area (Å²) in [5.41, 5.74) is 1.67. The van der Waals surface area contributed by atoms with Crippen LogP contribution in [0.25, 0.3) is 16.9 Å². The number of halogens is 2. The lowest BCUT2D eigenvalue weighted by Crippen LogP contribution is -2.53. The van der Waals surface area contributed by atoms with Gasteiger partial charge in [0.05, 0.1) is 6.20 Å². The molecule has 0 unspecified atom stereocenters. The molecule has 152 valence electrons. The first-order valence-corrected chi connectivity index (χ1v) is 9.55. The van der Waals surface area contributed by atoms with Gasteiger partial charge in [-0.2, -0.15) is 0 Å². The molecule has 2 aromatic carbocycles. The fourth-order valence-electron chi connectivity index (χ4n) is 3.62. The number of ether oxygens (including phenoxy) is 1. The minimum absolute atomic E-state index is 0.0222. The average Bonchev–Trinajstić information content (AvgIpc) is 3.13. The zero-order valence-electron chi connectivity index (χ0n) is 15.9. The molecule has 0 atom stereocenters. The summed E-state index contributed by atoms with van der Waals surface area (Å²) in [7, 11) is 0. The number of likely N-dealkylation sites (tertiary alicyclic amines) is 1. The summed E-state index contributed by atoms with van der Waals surface area (Å²) in [5, 5.41) is 0. The van der Waals surface area contributed by atoms with Gasteiger partial charge in [-0.05, 0) is 48.5 Å². The third kappa shape index (κ3) is 3.57. The molecule has 0 radical (unpaired) electrons. The molecule has 2 aromatic heterocycles. The van der Waals surface area contributed by atoms with Gasteiger partial charge >= 0.3 is 0 Å². The minimum Gasteiger partial charge on any atom is -0.488 e. The molecule has 5 rings (SSSR count). The van der Waals surface area contributed by atoms with Gasteiger partial charge in [0, 0.05) is 37.1 Å². The van der Waals surface area contributed by atoms with Crippen LogP contribution in [0.3, 0.4) is 0 Å². The van der Waals surface area contributed by atoms with E-state index in [1.165, 1.54) is 30.5 Å². The van der Waals surface area contributed by atoms with Crippen molar-refractivity contribution in [1.29, 1.82) is 0 Å². The van der Waals surface area contributed by atoms with Crippen LogP contribution in [0.15, 0.2) is 65.7 Å². The van der Waals surface area contributed by atoms with Gasteiger partial charge in [-0.15, -0.1) is 0 Å². The largest absolute Gasteiger partial charge is 0.488 e. The van der Waals surface area contributed by atoms with Crippen LogP contribution in [0.5, 0.6) is 5.75 Å². The molecule has 1 aliphatic heterocycles. The highest BCUT2D eigenvalue weighted by atomic mass is 19.1. The van der Waals surface area contributed by atoms with Crippen LogP contribution in [-0.2, 0) is 6.54 Å². The first-order chi connectivity index (χ1) is 14.5. The van der Waals surface area contributed by atoms with E-state index in [2.05, 4.69) is 14.9 Å². The van der Waals surface area contributed by atoms with E-state index in [0.29, 0.717) is 36.7 Å². The van der Waals surface area contributed by atoms with Crippen LogP contribution >= 0.6 is 0 Å². The number of nitrogens with zero attached hydrogens (tertiary/aromatic N) is 3. The van der Waals surface area contributed by atoms with E-state index in [4.69, 9.17) is 4.74 Å². The van der Waals surface area contributed by atoms with Crippen molar-refractivity contribution in [2.75, 3.05) is 13.1 Å². The molecular formula is C22H18F2N4O2. The quantitative estimate of drug-likeness (QED) is 0.551. The fourth-order valence-corrected chi connectivity index (χ4v) is 3.62. The molecule has 0 amide bonds. The number of aromatic amines is 1. The SMILES string of the molecule is O=c1[nH]c(CN2CC(Oc3ccc(F)cc3)C2)cn2c(-c3ccc(F)cc3)ncc12. The summed E-state index contributed by atoms with van der Waals surface area (Å²) in [6.45, 7) is 1.95. The second-order valence-corrected chi connectivity index (χ2v) is 7.34. The Kier molecular flexibility index (Phi) is 4.55. The summed E-state index contributed by atoms with van der Waals surface area (Å²) in [6, 6.07) is 12.0. The maximum atomic E-state index is 13.2. The molecule has 0 aliphatic carbocycles. The smallest absolute Gasteiger partial charge is 0.274 e. The van der Waals surface area contributed by atoms with Gasteiger partial charge in [-0.1, -0.05) is 0 Å². The Balaban J connectivity index is 1.31. The second kappa shape index (κ2) is 7.38. The highest BCUT2D eigenvalue weighted by Crippen LogP contribution is 2.21. The number of fused-ring (bicyclic) bond motifs is 1. The molecule has 0 saturated carbocycles. The van der Waals surface area contributed by atoms with Crippen molar-refractivity contribution in [3.63, 3.8) is 0 Å². The van der Waals surface area contributed by atoms with E-state index in [1.807, 2.05) is 6.20 Å². The second-order valence-electron chi connectivity index (χ2n) is 7.34. The van der Waals surface area contributed by atoms with Gasteiger partial charge < -0.3 is 9.72 Å². The lowest BCUT2D eigenvalue weighted by molar-refractivity contribution is 0.0137. The van der Waals surface area contributed by atoms with Gasteiger partial charge in [0.25, 0.3) is 5.56 Å². The van der Waals surface area contributed by atoms with Gasteiger partial charge in [-0.25, -0.2) is 13.8 Å². The van der Waals surface area contributed by atoms with Crippen molar-refractivity contribution in [3.8, 4) is 17.1 Å². The fraction of sp³-hybridized carbons (Fsp3) is 0.182. The predicted octanol–water partition coefficient (Wildman–Crippen LogP) is 3.23. The van der Waals surface area contributed by atoms with Crippen molar-refractivity contribution in [1.82, 2.24) is 19.3 Å². The van der Waals surface area contributed by atoms with Crippen LogP contribution < -0.4 is 10.3 Å². The van der Waals surface area contributed by atoms with E-state index < -0.39 is 0 Å². The highest BCUT2D eigenvalue weighted by Gasteiger charge is 2.28.